The number of nitrogens with one attached hydrogen (secondary N) is 2. The standard InChI is InChI=1S/C21H28N2O2/c1-5-22-13-17-8-6-7-9-19(17)23-21(24)14-25-20-12-16(4)10-11-18(20)15(2)3/h6-12,15,22H,5,13-14H2,1-4H3,(H,23,24). The van der Waals surface area contributed by atoms with E-state index in [0.717, 1.165) is 41.2 Å². The zero-order chi connectivity index (χ0) is 18.2. The summed E-state index contributed by atoms with van der Waals surface area (Å²) in [6.45, 7) is 9.93. The van der Waals surface area contributed by atoms with E-state index < -0.39 is 0 Å². The Balaban J connectivity index is 2.01. The Hall–Kier alpha value is -2.33. The Kier molecular flexibility index (Phi) is 7.02. The van der Waals surface area contributed by atoms with Gasteiger partial charge in [-0.25, -0.2) is 0 Å². The van der Waals surface area contributed by atoms with E-state index in [1.54, 1.807) is 0 Å². The second-order valence-corrected chi connectivity index (χ2v) is 6.47. The van der Waals surface area contributed by atoms with Gasteiger partial charge < -0.3 is 15.4 Å². The third kappa shape index (κ3) is 5.61. The van der Waals surface area contributed by atoms with Crippen molar-refractivity contribution in [3.63, 3.8) is 0 Å². The lowest BCUT2D eigenvalue weighted by Crippen LogP contribution is -2.22. The van der Waals surface area contributed by atoms with Crippen LogP contribution in [-0.4, -0.2) is 19.1 Å². The van der Waals surface area contributed by atoms with E-state index in [4.69, 9.17) is 4.74 Å². The van der Waals surface area contributed by atoms with Gasteiger partial charge in [0.2, 0.25) is 0 Å². The van der Waals surface area contributed by atoms with Crippen LogP contribution in [0.3, 0.4) is 0 Å². The predicted octanol–water partition coefficient (Wildman–Crippen LogP) is 4.25. The number of rotatable bonds is 8. The molecule has 0 atom stereocenters. The van der Waals surface area contributed by atoms with E-state index >= 15 is 0 Å². The van der Waals surface area contributed by atoms with Gasteiger partial charge in [-0.05, 0) is 48.2 Å². The lowest BCUT2D eigenvalue weighted by atomic mass is 10.0. The topological polar surface area (TPSA) is 50.4 Å². The number of anilines is 1. The van der Waals surface area contributed by atoms with Crippen LogP contribution in [0.1, 0.15) is 43.4 Å². The van der Waals surface area contributed by atoms with Gasteiger partial charge in [0.15, 0.2) is 6.61 Å². The van der Waals surface area contributed by atoms with Crippen molar-refractivity contribution in [3.8, 4) is 5.75 Å². The largest absolute Gasteiger partial charge is 0.483 e. The number of hydrogen-bond donors (Lipinski definition) is 2. The van der Waals surface area contributed by atoms with Gasteiger partial charge in [0, 0.05) is 12.2 Å². The van der Waals surface area contributed by atoms with Gasteiger partial charge in [0.25, 0.3) is 5.91 Å². The summed E-state index contributed by atoms with van der Waals surface area (Å²) in [6, 6.07) is 13.9. The number of amides is 1. The first kappa shape index (κ1) is 19.0. The van der Waals surface area contributed by atoms with Gasteiger partial charge in [0.05, 0.1) is 0 Å². The Morgan fingerprint density at radius 2 is 1.92 bits per heavy atom. The molecule has 25 heavy (non-hydrogen) atoms. The third-order valence-electron chi connectivity index (χ3n) is 4.01. The molecule has 4 heteroatoms. The maximum atomic E-state index is 12.3. The first-order valence-corrected chi connectivity index (χ1v) is 8.83. The van der Waals surface area contributed by atoms with Gasteiger partial charge in [-0.15, -0.1) is 0 Å². The monoisotopic (exact) mass is 340 g/mol. The second-order valence-electron chi connectivity index (χ2n) is 6.47. The van der Waals surface area contributed by atoms with Crippen LogP contribution in [0.25, 0.3) is 0 Å². The fraction of sp³-hybridized carbons (Fsp3) is 0.381. The van der Waals surface area contributed by atoms with E-state index in [1.165, 1.54) is 0 Å². The maximum absolute atomic E-state index is 12.3. The zero-order valence-electron chi connectivity index (χ0n) is 15.6. The number of ether oxygens (including phenoxy) is 1. The van der Waals surface area contributed by atoms with Crippen LogP contribution in [0.2, 0.25) is 0 Å². The molecule has 0 saturated heterocycles. The molecule has 0 aromatic heterocycles. The maximum Gasteiger partial charge on any atom is 0.262 e. The SMILES string of the molecule is CCNCc1ccccc1NC(=O)COc1cc(C)ccc1C(C)C. The molecule has 0 saturated carbocycles. The fourth-order valence-electron chi connectivity index (χ4n) is 2.63. The lowest BCUT2D eigenvalue weighted by molar-refractivity contribution is -0.118. The molecule has 0 aliphatic carbocycles. The summed E-state index contributed by atoms with van der Waals surface area (Å²) < 4.78 is 5.81. The molecule has 2 aromatic rings. The summed E-state index contributed by atoms with van der Waals surface area (Å²) in [5.41, 5.74) is 4.13. The quantitative estimate of drug-likeness (QED) is 0.755. The molecular formula is C21H28N2O2. The van der Waals surface area contributed by atoms with Gasteiger partial charge in [-0.1, -0.05) is 51.1 Å². The molecule has 0 unspecified atom stereocenters. The number of benzene rings is 2. The third-order valence-corrected chi connectivity index (χ3v) is 4.01. The molecule has 2 N–H and O–H groups in total. The van der Waals surface area contributed by atoms with Crippen LogP contribution in [0.5, 0.6) is 5.75 Å². The summed E-state index contributed by atoms with van der Waals surface area (Å²) in [5, 5.41) is 6.23. The minimum Gasteiger partial charge on any atom is -0.483 e. The molecule has 134 valence electrons. The Labute approximate surface area is 150 Å². The highest BCUT2D eigenvalue weighted by Crippen LogP contribution is 2.27. The van der Waals surface area contributed by atoms with Gasteiger partial charge in [-0.3, -0.25) is 4.79 Å². The van der Waals surface area contributed by atoms with Crippen LogP contribution in [0, 0.1) is 6.92 Å². The highest BCUT2D eigenvalue weighted by Gasteiger charge is 2.11. The van der Waals surface area contributed by atoms with E-state index in [-0.39, 0.29) is 12.5 Å². The van der Waals surface area contributed by atoms with Crippen LogP contribution >= 0.6 is 0 Å². The number of para-hydroxylation sites is 1. The summed E-state index contributed by atoms with van der Waals surface area (Å²) in [6.07, 6.45) is 0. The average Bonchev–Trinajstić information content (AvgIpc) is 2.59. The van der Waals surface area contributed by atoms with Crippen LogP contribution in [0.4, 0.5) is 5.69 Å². The number of carbonyl (C=O) groups excluding carboxylic acids is 1. The molecule has 0 radical (unpaired) electrons. The molecule has 2 rings (SSSR count). The lowest BCUT2D eigenvalue weighted by Gasteiger charge is -2.15. The molecule has 0 aliphatic heterocycles. The molecule has 0 aliphatic rings. The first-order valence-electron chi connectivity index (χ1n) is 8.83. The summed E-state index contributed by atoms with van der Waals surface area (Å²) in [4.78, 5) is 12.3. The predicted molar refractivity (Wildman–Crippen MR) is 103 cm³/mol. The minimum absolute atomic E-state index is 0.00128. The smallest absolute Gasteiger partial charge is 0.262 e. The van der Waals surface area contributed by atoms with Crippen LogP contribution in [0.15, 0.2) is 42.5 Å². The van der Waals surface area contributed by atoms with E-state index in [2.05, 4.69) is 43.5 Å². The minimum atomic E-state index is -0.153. The number of hydrogen-bond acceptors (Lipinski definition) is 3. The van der Waals surface area contributed by atoms with Gasteiger partial charge in [0.1, 0.15) is 5.75 Å². The van der Waals surface area contributed by atoms with Crippen LogP contribution in [-0.2, 0) is 11.3 Å². The van der Waals surface area contributed by atoms with Crippen LogP contribution < -0.4 is 15.4 Å². The Bertz CT molecular complexity index is 711. The van der Waals surface area contributed by atoms with Gasteiger partial charge in [-0.2, -0.15) is 0 Å². The van der Waals surface area contributed by atoms with E-state index in [9.17, 15) is 4.79 Å². The van der Waals surface area contributed by atoms with Crippen molar-refractivity contribution in [3.05, 3.63) is 59.2 Å². The first-order chi connectivity index (χ1) is 12.0. The zero-order valence-corrected chi connectivity index (χ0v) is 15.6. The summed E-state index contributed by atoms with van der Waals surface area (Å²) in [7, 11) is 0. The molecule has 0 spiro atoms. The highest BCUT2D eigenvalue weighted by molar-refractivity contribution is 5.92. The van der Waals surface area contributed by atoms with Gasteiger partial charge >= 0.3 is 0 Å². The molecule has 0 bridgehead atoms. The molecule has 0 fully saturated rings. The molecule has 1 amide bonds. The average molecular weight is 340 g/mol. The van der Waals surface area contributed by atoms with Crippen molar-refractivity contribution < 1.29 is 9.53 Å². The van der Waals surface area contributed by atoms with Crippen molar-refractivity contribution in [1.82, 2.24) is 5.32 Å². The Morgan fingerprint density at radius 3 is 2.64 bits per heavy atom. The van der Waals surface area contributed by atoms with Crippen molar-refractivity contribution in [2.24, 2.45) is 0 Å². The molecule has 2 aromatic carbocycles. The molecular weight excluding hydrogens is 312 g/mol. The number of aryl methyl sites for hydroxylation is 1. The summed E-state index contributed by atoms with van der Waals surface area (Å²) >= 11 is 0. The van der Waals surface area contributed by atoms with Crippen molar-refractivity contribution in [2.45, 2.75) is 40.2 Å². The second kappa shape index (κ2) is 9.23. The highest BCUT2D eigenvalue weighted by atomic mass is 16.5. The van der Waals surface area contributed by atoms with Crippen molar-refractivity contribution >= 4 is 11.6 Å². The van der Waals surface area contributed by atoms with E-state index in [0.29, 0.717) is 5.92 Å². The number of carbonyl (C=O) groups is 1. The van der Waals surface area contributed by atoms with E-state index in [1.807, 2.05) is 37.3 Å². The molecule has 4 nitrogen and oxygen atoms in total. The van der Waals surface area contributed by atoms with Crippen molar-refractivity contribution in [1.29, 1.82) is 0 Å². The fourth-order valence-corrected chi connectivity index (χ4v) is 2.63. The normalized spacial score (nSPS) is 10.8. The Morgan fingerprint density at radius 1 is 1.16 bits per heavy atom. The summed E-state index contributed by atoms with van der Waals surface area (Å²) in [5.74, 6) is 0.978. The molecule has 0 heterocycles. The van der Waals surface area contributed by atoms with Crippen molar-refractivity contribution in [2.75, 3.05) is 18.5 Å².